The van der Waals surface area contributed by atoms with E-state index >= 15 is 0 Å². The molecule has 0 aromatic heterocycles. The molecule has 1 saturated carbocycles. The quantitative estimate of drug-likeness (QED) is 0.744. The number of amides is 3. The van der Waals surface area contributed by atoms with Gasteiger partial charge in [-0.25, -0.2) is 4.79 Å². The molecule has 30 heavy (non-hydrogen) atoms. The van der Waals surface area contributed by atoms with Gasteiger partial charge in [0, 0.05) is 47.6 Å². The monoisotopic (exact) mass is 423 g/mol. The standard InChI is InChI=1S/C24H29N3O2S/c28-23(19-7-2-1-3-8-19)26-15-6-16-27(18-17-26)24(29)25-20-11-13-22(14-12-20)30-21-9-4-5-10-21/h1-3,7-8,11-14,21H,4-6,9-10,15-18H2,(H,25,29). The van der Waals surface area contributed by atoms with Gasteiger partial charge in [-0.05, 0) is 55.7 Å². The number of anilines is 1. The normalized spacial score (nSPS) is 17.6. The van der Waals surface area contributed by atoms with Crippen molar-refractivity contribution >= 4 is 29.4 Å². The van der Waals surface area contributed by atoms with Crippen molar-refractivity contribution in [3.63, 3.8) is 0 Å². The number of benzene rings is 2. The Morgan fingerprint density at radius 2 is 1.47 bits per heavy atom. The summed E-state index contributed by atoms with van der Waals surface area (Å²) in [5, 5.41) is 3.75. The first kappa shape index (κ1) is 20.8. The highest BCUT2D eigenvalue weighted by Crippen LogP contribution is 2.35. The maximum atomic E-state index is 12.7. The largest absolute Gasteiger partial charge is 0.337 e. The van der Waals surface area contributed by atoms with E-state index in [2.05, 4.69) is 17.4 Å². The van der Waals surface area contributed by atoms with E-state index in [4.69, 9.17) is 0 Å². The Bertz CT molecular complexity index is 851. The molecule has 2 aromatic carbocycles. The van der Waals surface area contributed by atoms with Gasteiger partial charge < -0.3 is 15.1 Å². The van der Waals surface area contributed by atoms with Crippen molar-refractivity contribution in [2.75, 3.05) is 31.5 Å². The number of carbonyl (C=O) groups excluding carboxylic acids is 2. The van der Waals surface area contributed by atoms with Gasteiger partial charge in [-0.15, -0.1) is 11.8 Å². The molecule has 0 radical (unpaired) electrons. The Labute approximate surface area is 182 Å². The summed E-state index contributed by atoms with van der Waals surface area (Å²) >= 11 is 1.95. The van der Waals surface area contributed by atoms with E-state index in [0.29, 0.717) is 31.7 Å². The van der Waals surface area contributed by atoms with Crippen molar-refractivity contribution in [1.82, 2.24) is 9.80 Å². The second kappa shape index (κ2) is 10.0. The molecular weight excluding hydrogens is 394 g/mol. The van der Waals surface area contributed by atoms with Gasteiger partial charge in [0.05, 0.1) is 0 Å². The van der Waals surface area contributed by atoms with E-state index in [1.165, 1.54) is 30.6 Å². The molecule has 4 rings (SSSR count). The summed E-state index contributed by atoms with van der Waals surface area (Å²) in [5.41, 5.74) is 1.52. The third-order valence-corrected chi connectivity index (χ3v) is 7.15. The van der Waals surface area contributed by atoms with Gasteiger partial charge in [0.2, 0.25) is 0 Å². The van der Waals surface area contributed by atoms with E-state index < -0.39 is 0 Å². The third-order valence-electron chi connectivity index (χ3n) is 5.80. The topological polar surface area (TPSA) is 52.7 Å². The minimum absolute atomic E-state index is 0.0354. The molecule has 2 aliphatic rings. The van der Waals surface area contributed by atoms with Crippen LogP contribution in [0.25, 0.3) is 0 Å². The first-order valence-corrected chi connectivity index (χ1v) is 11.7. The van der Waals surface area contributed by atoms with E-state index in [9.17, 15) is 9.59 Å². The smallest absolute Gasteiger partial charge is 0.321 e. The van der Waals surface area contributed by atoms with Gasteiger partial charge in [0.15, 0.2) is 0 Å². The van der Waals surface area contributed by atoms with Crippen molar-refractivity contribution < 1.29 is 9.59 Å². The fourth-order valence-electron chi connectivity index (χ4n) is 4.10. The number of hydrogen-bond donors (Lipinski definition) is 1. The second-order valence-corrected chi connectivity index (χ2v) is 9.35. The molecule has 0 bridgehead atoms. The average molecular weight is 424 g/mol. The number of thioether (sulfide) groups is 1. The van der Waals surface area contributed by atoms with Gasteiger partial charge in [0.25, 0.3) is 5.91 Å². The minimum atomic E-state index is -0.0970. The van der Waals surface area contributed by atoms with Gasteiger partial charge in [0.1, 0.15) is 0 Å². The molecule has 0 spiro atoms. The molecule has 1 heterocycles. The van der Waals surface area contributed by atoms with Gasteiger partial charge in [-0.2, -0.15) is 0 Å². The van der Waals surface area contributed by atoms with Gasteiger partial charge >= 0.3 is 6.03 Å². The fourth-order valence-corrected chi connectivity index (χ4v) is 5.35. The number of nitrogens with one attached hydrogen (secondary N) is 1. The van der Waals surface area contributed by atoms with Crippen molar-refractivity contribution in [2.24, 2.45) is 0 Å². The third kappa shape index (κ3) is 5.36. The molecule has 1 aliphatic heterocycles. The molecule has 158 valence electrons. The lowest BCUT2D eigenvalue weighted by Crippen LogP contribution is -2.39. The molecule has 1 N–H and O–H groups in total. The summed E-state index contributed by atoms with van der Waals surface area (Å²) in [6, 6.07) is 17.4. The molecule has 0 atom stereocenters. The zero-order chi connectivity index (χ0) is 20.8. The molecule has 3 amide bonds. The molecule has 2 aromatic rings. The summed E-state index contributed by atoms with van der Waals surface area (Å²) in [7, 11) is 0. The molecule has 2 fully saturated rings. The van der Waals surface area contributed by atoms with Crippen LogP contribution in [-0.2, 0) is 0 Å². The average Bonchev–Trinajstić information content (AvgIpc) is 3.16. The number of urea groups is 1. The molecule has 1 aliphatic carbocycles. The Balaban J connectivity index is 1.29. The van der Waals surface area contributed by atoms with E-state index in [1.54, 1.807) is 4.90 Å². The van der Waals surface area contributed by atoms with E-state index in [1.807, 2.05) is 59.1 Å². The molecule has 1 saturated heterocycles. The van der Waals surface area contributed by atoms with Crippen LogP contribution in [-0.4, -0.2) is 53.2 Å². The zero-order valence-corrected chi connectivity index (χ0v) is 18.1. The summed E-state index contributed by atoms with van der Waals surface area (Å²) in [6.07, 6.45) is 6.08. The highest BCUT2D eigenvalue weighted by Gasteiger charge is 2.23. The zero-order valence-electron chi connectivity index (χ0n) is 17.3. The Morgan fingerprint density at radius 3 is 2.20 bits per heavy atom. The van der Waals surface area contributed by atoms with Crippen molar-refractivity contribution in [2.45, 2.75) is 42.2 Å². The highest BCUT2D eigenvalue weighted by atomic mass is 32.2. The number of nitrogens with zero attached hydrogens (tertiary/aromatic N) is 2. The SMILES string of the molecule is O=C(Nc1ccc(SC2CCCC2)cc1)N1CCCN(C(=O)c2ccccc2)CC1. The Kier molecular flexibility index (Phi) is 6.95. The predicted octanol–water partition coefficient (Wildman–Crippen LogP) is 5.10. The van der Waals surface area contributed by atoms with Crippen LogP contribution >= 0.6 is 11.8 Å². The first-order chi connectivity index (χ1) is 14.7. The maximum absolute atomic E-state index is 12.7. The second-order valence-electron chi connectivity index (χ2n) is 7.98. The number of rotatable bonds is 4. The molecule has 5 nitrogen and oxygen atoms in total. The Hall–Kier alpha value is -2.47. The van der Waals surface area contributed by atoms with Crippen LogP contribution in [0.2, 0.25) is 0 Å². The minimum Gasteiger partial charge on any atom is -0.337 e. The van der Waals surface area contributed by atoms with Crippen LogP contribution < -0.4 is 5.32 Å². The number of carbonyl (C=O) groups is 2. The van der Waals surface area contributed by atoms with Gasteiger partial charge in [-0.3, -0.25) is 4.79 Å². The Morgan fingerprint density at radius 1 is 0.800 bits per heavy atom. The van der Waals surface area contributed by atoms with E-state index in [-0.39, 0.29) is 11.9 Å². The van der Waals surface area contributed by atoms with Crippen LogP contribution in [0.3, 0.4) is 0 Å². The summed E-state index contributed by atoms with van der Waals surface area (Å²) in [6.45, 7) is 2.42. The number of hydrogen-bond acceptors (Lipinski definition) is 3. The van der Waals surface area contributed by atoms with Crippen LogP contribution in [0.1, 0.15) is 42.5 Å². The van der Waals surface area contributed by atoms with Crippen LogP contribution in [0.4, 0.5) is 10.5 Å². The summed E-state index contributed by atoms with van der Waals surface area (Å²) in [4.78, 5) is 30.3. The van der Waals surface area contributed by atoms with Crippen LogP contribution in [0.15, 0.2) is 59.5 Å². The summed E-state index contributed by atoms with van der Waals surface area (Å²) < 4.78 is 0. The molecular formula is C24H29N3O2S. The lowest BCUT2D eigenvalue weighted by Gasteiger charge is -2.22. The van der Waals surface area contributed by atoms with E-state index in [0.717, 1.165) is 17.4 Å². The van der Waals surface area contributed by atoms with Crippen molar-refractivity contribution in [3.05, 3.63) is 60.2 Å². The van der Waals surface area contributed by atoms with Crippen molar-refractivity contribution in [1.29, 1.82) is 0 Å². The molecule has 6 heteroatoms. The molecule has 0 unspecified atom stereocenters. The lowest BCUT2D eigenvalue weighted by atomic mass is 10.2. The van der Waals surface area contributed by atoms with Crippen LogP contribution in [0, 0.1) is 0 Å². The highest BCUT2D eigenvalue weighted by molar-refractivity contribution is 8.00. The summed E-state index contributed by atoms with van der Waals surface area (Å²) in [5.74, 6) is 0.0354. The first-order valence-electron chi connectivity index (χ1n) is 10.9. The van der Waals surface area contributed by atoms with Crippen LogP contribution in [0.5, 0.6) is 0 Å². The predicted molar refractivity (Wildman–Crippen MR) is 122 cm³/mol. The lowest BCUT2D eigenvalue weighted by molar-refractivity contribution is 0.0762. The fraction of sp³-hybridized carbons (Fsp3) is 0.417. The van der Waals surface area contributed by atoms with Crippen molar-refractivity contribution in [3.8, 4) is 0 Å². The maximum Gasteiger partial charge on any atom is 0.321 e. The van der Waals surface area contributed by atoms with Gasteiger partial charge in [-0.1, -0.05) is 31.0 Å².